The Morgan fingerprint density at radius 2 is 1.64 bits per heavy atom. The minimum atomic E-state index is -0.609. The van der Waals surface area contributed by atoms with Gasteiger partial charge in [0.05, 0.1) is 0 Å². The Balaban J connectivity index is 3.96. The molecule has 86 valence electrons. The van der Waals surface area contributed by atoms with Gasteiger partial charge in [-0.2, -0.15) is 0 Å². The van der Waals surface area contributed by atoms with Gasteiger partial charge in [-0.25, -0.2) is 0 Å². The SMILES string of the molecule is C[SiH2]CCC[SiH](C)N(C(C)C)C(C)C. The standard InChI is InChI=1S/C11H29NSi2/c1-10(2)12(11(3)4)14(6)9-7-8-13-5/h10-11,14H,7-9,13H2,1-6H3. The van der Waals surface area contributed by atoms with Crippen molar-refractivity contribution in [3.05, 3.63) is 0 Å². The first-order valence-electron chi connectivity index (χ1n) is 6.28. The van der Waals surface area contributed by atoms with E-state index < -0.39 is 8.96 Å². The molecule has 1 atom stereocenters. The van der Waals surface area contributed by atoms with Crippen molar-refractivity contribution in [2.24, 2.45) is 0 Å². The smallest absolute Gasteiger partial charge is 0.109 e. The first-order chi connectivity index (χ1) is 6.50. The summed E-state index contributed by atoms with van der Waals surface area (Å²) in [5.74, 6) is 0. The third-order valence-corrected chi connectivity index (χ3v) is 7.59. The number of rotatable bonds is 7. The van der Waals surface area contributed by atoms with E-state index in [1.165, 1.54) is 12.5 Å². The summed E-state index contributed by atoms with van der Waals surface area (Å²) in [5.41, 5.74) is 0. The largest absolute Gasteiger partial charge is 0.322 e. The van der Waals surface area contributed by atoms with Crippen LogP contribution in [0.5, 0.6) is 0 Å². The zero-order chi connectivity index (χ0) is 11.1. The summed E-state index contributed by atoms with van der Waals surface area (Å²) in [6.45, 7) is 14.3. The summed E-state index contributed by atoms with van der Waals surface area (Å²) in [6, 6.07) is 4.57. The second-order valence-electron chi connectivity index (χ2n) is 4.98. The molecule has 0 amide bonds. The van der Waals surface area contributed by atoms with E-state index in [-0.39, 0.29) is 0 Å². The molecule has 0 saturated heterocycles. The molecule has 0 spiro atoms. The van der Waals surface area contributed by atoms with E-state index in [0.29, 0.717) is 9.52 Å². The van der Waals surface area contributed by atoms with Crippen LogP contribution in [0.2, 0.25) is 25.2 Å². The lowest BCUT2D eigenvalue weighted by Gasteiger charge is -2.35. The van der Waals surface area contributed by atoms with E-state index >= 15 is 0 Å². The summed E-state index contributed by atoms with van der Waals surface area (Å²) in [6.07, 6.45) is 1.51. The average molecular weight is 232 g/mol. The Morgan fingerprint density at radius 1 is 1.14 bits per heavy atom. The number of hydrogen-bond acceptors (Lipinski definition) is 1. The van der Waals surface area contributed by atoms with Crippen LogP contribution in [0.4, 0.5) is 0 Å². The van der Waals surface area contributed by atoms with Crippen molar-refractivity contribution < 1.29 is 0 Å². The molecule has 0 aromatic carbocycles. The highest BCUT2D eigenvalue weighted by atomic mass is 28.3. The van der Waals surface area contributed by atoms with Crippen LogP contribution in [0.25, 0.3) is 0 Å². The molecule has 0 aromatic heterocycles. The molecular weight excluding hydrogens is 202 g/mol. The van der Waals surface area contributed by atoms with Crippen molar-refractivity contribution in [1.29, 1.82) is 0 Å². The maximum Gasteiger partial charge on any atom is 0.109 e. The van der Waals surface area contributed by atoms with Crippen LogP contribution in [0.15, 0.2) is 0 Å². The van der Waals surface area contributed by atoms with Crippen molar-refractivity contribution in [2.45, 2.75) is 71.4 Å². The molecule has 0 aliphatic carbocycles. The molecule has 0 aromatic rings. The Bertz CT molecular complexity index is 129. The van der Waals surface area contributed by atoms with Crippen LogP contribution >= 0.6 is 0 Å². The Hall–Kier alpha value is 0.394. The average Bonchev–Trinajstić information content (AvgIpc) is 2.03. The molecule has 1 nitrogen and oxygen atoms in total. The third kappa shape index (κ3) is 5.32. The maximum atomic E-state index is 2.78. The van der Waals surface area contributed by atoms with E-state index in [4.69, 9.17) is 0 Å². The van der Waals surface area contributed by atoms with Crippen LogP contribution in [-0.4, -0.2) is 35.1 Å². The van der Waals surface area contributed by atoms with Crippen molar-refractivity contribution >= 4 is 18.5 Å². The molecule has 0 rings (SSSR count). The van der Waals surface area contributed by atoms with Crippen LogP contribution in [0.1, 0.15) is 34.1 Å². The molecule has 0 bridgehead atoms. The lowest BCUT2D eigenvalue weighted by Crippen LogP contribution is -2.46. The van der Waals surface area contributed by atoms with Gasteiger partial charge in [-0.3, -0.25) is 0 Å². The Labute approximate surface area is 94.8 Å². The zero-order valence-electron chi connectivity index (χ0n) is 11.0. The Kier molecular flexibility index (Phi) is 7.87. The van der Waals surface area contributed by atoms with Gasteiger partial charge in [0.15, 0.2) is 0 Å². The first-order valence-corrected chi connectivity index (χ1v) is 11.2. The molecule has 0 aliphatic heterocycles. The van der Waals surface area contributed by atoms with Crippen LogP contribution in [-0.2, 0) is 0 Å². The van der Waals surface area contributed by atoms with Crippen LogP contribution in [0, 0.1) is 0 Å². The second kappa shape index (κ2) is 7.66. The summed E-state index contributed by atoms with van der Waals surface area (Å²) in [7, 11) is -0.298. The second-order valence-corrected chi connectivity index (χ2v) is 9.56. The Morgan fingerprint density at radius 3 is 2.00 bits per heavy atom. The molecule has 0 heterocycles. The van der Waals surface area contributed by atoms with Gasteiger partial charge >= 0.3 is 0 Å². The molecule has 0 aliphatic rings. The minimum Gasteiger partial charge on any atom is -0.322 e. The van der Waals surface area contributed by atoms with Crippen molar-refractivity contribution in [1.82, 2.24) is 4.57 Å². The fourth-order valence-corrected chi connectivity index (χ4v) is 7.03. The molecule has 0 fully saturated rings. The van der Waals surface area contributed by atoms with Crippen molar-refractivity contribution in [3.8, 4) is 0 Å². The highest BCUT2D eigenvalue weighted by Gasteiger charge is 2.20. The van der Waals surface area contributed by atoms with Gasteiger partial charge < -0.3 is 4.57 Å². The van der Waals surface area contributed by atoms with Gasteiger partial charge in [-0.05, 0) is 18.1 Å². The van der Waals surface area contributed by atoms with Crippen molar-refractivity contribution in [3.63, 3.8) is 0 Å². The molecule has 1 unspecified atom stereocenters. The minimum absolute atomic E-state index is 0.311. The van der Waals surface area contributed by atoms with E-state index in [1.807, 2.05) is 0 Å². The van der Waals surface area contributed by atoms with Gasteiger partial charge in [0, 0.05) is 9.52 Å². The van der Waals surface area contributed by atoms with Crippen molar-refractivity contribution in [2.75, 3.05) is 0 Å². The highest BCUT2D eigenvalue weighted by molar-refractivity contribution is 6.54. The van der Waals surface area contributed by atoms with Gasteiger partial charge in [0.25, 0.3) is 0 Å². The monoisotopic (exact) mass is 231 g/mol. The normalized spacial score (nSPS) is 15.2. The summed E-state index contributed by atoms with van der Waals surface area (Å²) < 4.78 is 2.78. The van der Waals surface area contributed by atoms with Gasteiger partial charge in [-0.1, -0.05) is 53.3 Å². The lowest BCUT2D eigenvalue weighted by atomic mass is 10.3. The predicted octanol–water partition coefficient (Wildman–Crippen LogP) is 2.48. The number of hydrogen-bond donors (Lipinski definition) is 0. The first kappa shape index (κ1) is 14.4. The van der Waals surface area contributed by atoms with Crippen LogP contribution in [0.3, 0.4) is 0 Å². The quantitative estimate of drug-likeness (QED) is 0.481. The van der Waals surface area contributed by atoms with E-state index in [0.717, 1.165) is 12.1 Å². The fraction of sp³-hybridized carbons (Fsp3) is 1.00. The molecular formula is C11H29NSi2. The molecule has 14 heavy (non-hydrogen) atoms. The molecule has 0 saturated carbocycles. The highest BCUT2D eigenvalue weighted by Crippen LogP contribution is 2.13. The zero-order valence-corrected chi connectivity index (χ0v) is 13.6. The summed E-state index contributed by atoms with van der Waals surface area (Å²) >= 11 is 0. The molecule has 0 N–H and O–H groups in total. The predicted molar refractivity (Wildman–Crippen MR) is 73.8 cm³/mol. The number of nitrogens with zero attached hydrogens (tertiary/aromatic N) is 1. The van der Waals surface area contributed by atoms with Gasteiger partial charge in [-0.15, -0.1) is 0 Å². The lowest BCUT2D eigenvalue weighted by molar-refractivity contribution is 0.303. The fourth-order valence-electron chi connectivity index (χ4n) is 2.45. The van der Waals surface area contributed by atoms with Gasteiger partial charge in [0.2, 0.25) is 0 Å². The van der Waals surface area contributed by atoms with Gasteiger partial charge in [0.1, 0.15) is 8.96 Å². The summed E-state index contributed by atoms with van der Waals surface area (Å²) in [5, 5.41) is 0. The molecule has 3 heteroatoms. The van der Waals surface area contributed by atoms with E-state index in [9.17, 15) is 0 Å². The van der Waals surface area contributed by atoms with E-state index in [2.05, 4.69) is 45.4 Å². The summed E-state index contributed by atoms with van der Waals surface area (Å²) in [4.78, 5) is 0. The van der Waals surface area contributed by atoms with E-state index in [1.54, 1.807) is 6.04 Å². The maximum absolute atomic E-state index is 2.78. The topological polar surface area (TPSA) is 3.24 Å². The van der Waals surface area contributed by atoms with Crippen LogP contribution < -0.4 is 0 Å². The third-order valence-electron chi connectivity index (χ3n) is 2.93. The molecule has 0 radical (unpaired) electrons.